The topological polar surface area (TPSA) is 132 Å². The Bertz CT molecular complexity index is 1880. The third-order valence-electron chi connectivity index (χ3n) is 8.12. The van der Waals surface area contributed by atoms with E-state index in [1.807, 2.05) is 30.4 Å². The molecule has 11 nitrogen and oxygen atoms in total. The molecule has 1 saturated heterocycles. The molecule has 0 bridgehead atoms. The van der Waals surface area contributed by atoms with Crippen LogP contribution >= 0.6 is 11.6 Å². The number of aliphatic imine (C=N–C) groups is 1. The van der Waals surface area contributed by atoms with Crippen LogP contribution < -0.4 is 10.7 Å². The Kier molecular flexibility index (Phi) is 8.57. The number of nitrogens with one attached hydrogen (secondary N) is 1. The van der Waals surface area contributed by atoms with Crippen molar-refractivity contribution in [1.82, 2.24) is 20.0 Å². The minimum Gasteiger partial charge on any atom is -0.379 e. The molecule has 0 aliphatic carbocycles. The molecule has 6 rings (SSSR count). The van der Waals surface area contributed by atoms with Crippen molar-refractivity contribution in [3.63, 3.8) is 0 Å². The average molecular weight is 627 g/mol. The summed E-state index contributed by atoms with van der Waals surface area (Å²) in [6.07, 6.45) is 5.79. The number of non-ortho nitro benzene ring substituents is 1. The first-order valence-electron chi connectivity index (χ1n) is 14.6. The quantitative estimate of drug-likeness (QED) is 0.216. The van der Waals surface area contributed by atoms with Crippen molar-refractivity contribution in [3.8, 4) is 0 Å². The van der Waals surface area contributed by atoms with Crippen LogP contribution in [0.25, 0.3) is 10.9 Å². The lowest BCUT2D eigenvalue weighted by Crippen LogP contribution is -2.36. The second-order valence-corrected chi connectivity index (χ2v) is 11.6. The van der Waals surface area contributed by atoms with Gasteiger partial charge in [-0.05, 0) is 47.0 Å². The van der Waals surface area contributed by atoms with Gasteiger partial charge in [-0.2, -0.15) is 5.10 Å². The van der Waals surface area contributed by atoms with Gasteiger partial charge in [-0.3, -0.25) is 34.3 Å². The number of carbonyl (C=O) groups excluding carboxylic acids is 1. The molecule has 1 amide bonds. The van der Waals surface area contributed by atoms with E-state index in [0.717, 1.165) is 35.3 Å². The number of aromatic nitrogens is 2. The summed E-state index contributed by atoms with van der Waals surface area (Å²) in [6.45, 7) is 3.50. The van der Waals surface area contributed by atoms with E-state index in [0.29, 0.717) is 42.1 Å². The number of allylic oxidation sites excluding steroid dienone is 1. The summed E-state index contributed by atoms with van der Waals surface area (Å²) in [5, 5.41) is 19.7. The first-order chi connectivity index (χ1) is 21.7. The summed E-state index contributed by atoms with van der Waals surface area (Å²) < 4.78 is 7.08. The van der Waals surface area contributed by atoms with Crippen LogP contribution in [-0.4, -0.2) is 58.0 Å². The molecule has 1 unspecified atom stereocenters. The van der Waals surface area contributed by atoms with Crippen molar-refractivity contribution in [3.05, 3.63) is 126 Å². The maximum atomic E-state index is 14.1. The van der Waals surface area contributed by atoms with E-state index in [1.54, 1.807) is 54.3 Å². The van der Waals surface area contributed by atoms with Gasteiger partial charge in [-0.25, -0.2) is 0 Å². The number of benzene rings is 3. The lowest BCUT2D eigenvalue weighted by molar-refractivity contribution is -0.384. The van der Waals surface area contributed by atoms with Gasteiger partial charge in [-0.15, -0.1) is 0 Å². The fraction of sp³-hybridized carbons (Fsp3) is 0.273. The molecule has 230 valence electrons. The third kappa shape index (κ3) is 6.41. The summed E-state index contributed by atoms with van der Waals surface area (Å²) >= 11 is 5.98. The zero-order valence-corrected chi connectivity index (χ0v) is 25.4. The number of carbonyl (C=O) groups is 1. The number of amides is 1. The fourth-order valence-corrected chi connectivity index (χ4v) is 6.04. The first kappa shape index (κ1) is 30.3. The van der Waals surface area contributed by atoms with Crippen LogP contribution in [0, 0.1) is 10.1 Å². The molecule has 1 N–H and O–H groups in total. The van der Waals surface area contributed by atoms with Crippen LogP contribution in [0.2, 0.25) is 5.02 Å². The van der Waals surface area contributed by atoms with Crippen LogP contribution in [0.5, 0.6) is 0 Å². The Balaban J connectivity index is 1.46. The number of morpholine rings is 1. The SMILES string of the molecule is Cn1nc(C(=O)NCc2ccc(Cl)cc2)c(=O)c2cc(CN3CCOCC3)cc(C3(Cc4cccc([N+](=O)[O-])c4)C=CC=N3)c21. The second kappa shape index (κ2) is 12.7. The summed E-state index contributed by atoms with van der Waals surface area (Å²) in [5.74, 6) is -0.585. The fourth-order valence-electron chi connectivity index (χ4n) is 5.92. The van der Waals surface area contributed by atoms with E-state index in [2.05, 4.69) is 15.3 Å². The maximum Gasteiger partial charge on any atom is 0.276 e. The minimum atomic E-state index is -0.960. The van der Waals surface area contributed by atoms with E-state index in [1.165, 1.54) is 6.07 Å². The van der Waals surface area contributed by atoms with Crippen LogP contribution in [0.1, 0.15) is 32.7 Å². The molecular formula is C33H31ClN6O5. The Morgan fingerprint density at radius 1 is 1.09 bits per heavy atom. The number of halogens is 1. The Morgan fingerprint density at radius 2 is 1.87 bits per heavy atom. The van der Waals surface area contributed by atoms with Crippen LogP contribution in [0.15, 0.2) is 82.6 Å². The highest BCUT2D eigenvalue weighted by atomic mass is 35.5. The van der Waals surface area contributed by atoms with Crippen molar-refractivity contribution in [2.45, 2.75) is 25.0 Å². The van der Waals surface area contributed by atoms with E-state index in [4.69, 9.17) is 21.3 Å². The van der Waals surface area contributed by atoms with Gasteiger partial charge in [0.25, 0.3) is 11.6 Å². The van der Waals surface area contributed by atoms with Gasteiger partial charge >= 0.3 is 0 Å². The normalized spacial score (nSPS) is 18.0. The molecule has 0 spiro atoms. The average Bonchev–Trinajstić information content (AvgIpc) is 3.52. The molecule has 1 atom stereocenters. The largest absolute Gasteiger partial charge is 0.379 e. The van der Waals surface area contributed by atoms with E-state index >= 15 is 0 Å². The van der Waals surface area contributed by atoms with Crippen molar-refractivity contribution >= 4 is 40.3 Å². The number of nitro groups is 1. The van der Waals surface area contributed by atoms with E-state index in [-0.39, 0.29) is 17.9 Å². The van der Waals surface area contributed by atoms with Gasteiger partial charge < -0.3 is 10.1 Å². The number of nitro benzene ring substituents is 1. The number of nitrogens with zero attached hydrogens (tertiary/aromatic N) is 5. The number of fused-ring (bicyclic) bond motifs is 1. The zero-order chi connectivity index (χ0) is 31.6. The van der Waals surface area contributed by atoms with Crippen LogP contribution in [0.3, 0.4) is 0 Å². The number of rotatable bonds is 9. The zero-order valence-electron chi connectivity index (χ0n) is 24.6. The van der Waals surface area contributed by atoms with Gasteiger partial charge in [0.15, 0.2) is 5.69 Å². The molecule has 45 heavy (non-hydrogen) atoms. The molecule has 1 aromatic heterocycles. The van der Waals surface area contributed by atoms with Crippen LogP contribution in [0.4, 0.5) is 5.69 Å². The van der Waals surface area contributed by atoms with Gasteiger partial charge in [0, 0.05) is 68.6 Å². The number of aryl methyl sites for hydroxylation is 1. The maximum absolute atomic E-state index is 14.1. The molecule has 1 fully saturated rings. The van der Waals surface area contributed by atoms with Gasteiger partial charge in [0.2, 0.25) is 5.43 Å². The summed E-state index contributed by atoms with van der Waals surface area (Å²) in [6, 6.07) is 17.4. The van der Waals surface area contributed by atoms with E-state index in [9.17, 15) is 19.7 Å². The Labute approximate surface area is 263 Å². The van der Waals surface area contributed by atoms with Crippen LogP contribution in [-0.2, 0) is 36.8 Å². The number of hydrogen-bond donors (Lipinski definition) is 1. The van der Waals surface area contributed by atoms with Crippen molar-refractivity contribution in [2.24, 2.45) is 12.0 Å². The van der Waals surface area contributed by atoms with Crippen molar-refractivity contribution < 1.29 is 14.5 Å². The molecule has 0 radical (unpaired) electrons. The molecule has 0 saturated carbocycles. The predicted octanol–water partition coefficient (Wildman–Crippen LogP) is 4.34. The Morgan fingerprint density at radius 3 is 2.58 bits per heavy atom. The minimum absolute atomic E-state index is 0.0112. The summed E-state index contributed by atoms with van der Waals surface area (Å²) in [5.41, 5.74) is 2.01. The highest BCUT2D eigenvalue weighted by molar-refractivity contribution is 6.30. The summed E-state index contributed by atoms with van der Waals surface area (Å²) in [4.78, 5) is 45.6. The third-order valence-corrected chi connectivity index (χ3v) is 8.37. The molecule has 2 aliphatic heterocycles. The predicted molar refractivity (Wildman–Crippen MR) is 172 cm³/mol. The van der Waals surface area contributed by atoms with E-state index < -0.39 is 21.8 Å². The number of hydrogen-bond acceptors (Lipinski definition) is 8. The van der Waals surface area contributed by atoms with Crippen molar-refractivity contribution in [1.29, 1.82) is 0 Å². The van der Waals surface area contributed by atoms with Gasteiger partial charge in [0.1, 0.15) is 5.54 Å². The lowest BCUT2D eigenvalue weighted by atomic mass is 9.82. The van der Waals surface area contributed by atoms with Gasteiger partial charge in [-0.1, -0.05) is 41.9 Å². The first-order valence-corrected chi connectivity index (χ1v) is 14.9. The van der Waals surface area contributed by atoms with Gasteiger partial charge in [0.05, 0.1) is 29.0 Å². The Hall–Kier alpha value is -4.71. The molecule has 12 heteroatoms. The smallest absolute Gasteiger partial charge is 0.276 e. The lowest BCUT2D eigenvalue weighted by Gasteiger charge is -2.30. The highest BCUT2D eigenvalue weighted by Crippen LogP contribution is 2.39. The second-order valence-electron chi connectivity index (χ2n) is 11.2. The van der Waals surface area contributed by atoms with Crippen molar-refractivity contribution in [2.75, 3.05) is 26.3 Å². The molecule has 3 heterocycles. The summed E-state index contributed by atoms with van der Waals surface area (Å²) in [7, 11) is 1.70. The highest BCUT2D eigenvalue weighted by Gasteiger charge is 2.35. The molecule has 2 aliphatic rings. The molecule has 3 aromatic carbocycles. The standard InChI is InChI=1S/C33H31ClN6O5/c1-38-30-27(31(41)29(37-38)32(42)35-20-22-6-8-25(34)9-7-22)17-24(21-39-12-14-45-15-13-39)18-28(30)33(10-3-11-36-33)19-23-4-2-5-26(16-23)40(43)44/h2-11,16-18H,12-15,19-21H2,1H3,(H,35,42). The monoisotopic (exact) mass is 626 g/mol. The molecular weight excluding hydrogens is 596 g/mol. The molecule has 4 aromatic rings. The number of ether oxygens (including phenoxy) is 1.